The average Bonchev–Trinajstić information content (AvgIpc) is 2.92. The van der Waals surface area contributed by atoms with Crippen molar-refractivity contribution in [3.05, 3.63) is 112 Å². The average molecular weight is 511 g/mol. The molecule has 0 saturated heterocycles. The molecule has 1 aromatic heterocycles. The number of amides is 1. The molecule has 7 nitrogen and oxygen atoms in total. The van der Waals surface area contributed by atoms with Gasteiger partial charge in [-0.3, -0.25) is 14.2 Å². The Balaban J connectivity index is 1.64. The molecule has 4 aromatic rings. The van der Waals surface area contributed by atoms with Gasteiger partial charge in [0.1, 0.15) is 11.8 Å². The predicted molar refractivity (Wildman–Crippen MR) is 146 cm³/mol. The molecule has 0 saturated carbocycles. The first-order valence-electron chi connectivity index (χ1n) is 11.8. The molecule has 186 valence electrons. The van der Waals surface area contributed by atoms with E-state index in [1.807, 2.05) is 54.6 Å². The topological polar surface area (TPSA) is 108 Å². The molecule has 0 atom stereocenters. The number of nitrogens with one attached hydrogen (secondary N) is 1. The minimum Gasteiger partial charge on any atom is -0.510 e. The third-order valence-electron chi connectivity index (χ3n) is 5.82. The van der Waals surface area contributed by atoms with Crippen LogP contribution < -0.4 is 10.9 Å². The van der Waals surface area contributed by atoms with Crippen molar-refractivity contribution in [2.24, 2.45) is 0 Å². The van der Waals surface area contributed by atoms with E-state index in [0.717, 1.165) is 22.9 Å². The molecule has 37 heavy (non-hydrogen) atoms. The van der Waals surface area contributed by atoms with Gasteiger partial charge in [-0.1, -0.05) is 80.2 Å². The number of aliphatic hydroxyl groups excluding tert-OH is 1. The Morgan fingerprint density at radius 3 is 2.41 bits per heavy atom. The molecule has 0 unspecified atom stereocenters. The molecule has 0 spiro atoms. The number of fused-ring (bicyclic) bond motifs is 1. The number of carbonyl (C=O) groups excluding carboxylic acids is 1. The number of carbonyl (C=O) groups is 1. The van der Waals surface area contributed by atoms with Crippen molar-refractivity contribution in [2.75, 3.05) is 5.75 Å². The summed E-state index contributed by atoms with van der Waals surface area (Å²) in [5.41, 5.74) is 2.55. The summed E-state index contributed by atoms with van der Waals surface area (Å²) in [4.78, 5) is 30.7. The van der Waals surface area contributed by atoms with Crippen LogP contribution in [0.4, 0.5) is 0 Å². The lowest BCUT2D eigenvalue weighted by Gasteiger charge is -2.14. The molecule has 0 aliphatic carbocycles. The lowest BCUT2D eigenvalue weighted by molar-refractivity contribution is -0.117. The van der Waals surface area contributed by atoms with Crippen LogP contribution >= 0.6 is 11.8 Å². The van der Waals surface area contributed by atoms with Gasteiger partial charge in [0.15, 0.2) is 10.7 Å². The fraction of sp³-hybridized carbons (Fsp3) is 0.172. The number of hydrogen-bond donors (Lipinski definition) is 2. The van der Waals surface area contributed by atoms with E-state index in [9.17, 15) is 20.0 Å². The van der Waals surface area contributed by atoms with Crippen molar-refractivity contribution in [3.8, 4) is 11.8 Å². The van der Waals surface area contributed by atoms with Crippen LogP contribution in [0.2, 0.25) is 0 Å². The van der Waals surface area contributed by atoms with Crippen molar-refractivity contribution >= 4 is 28.6 Å². The number of aromatic nitrogens is 2. The van der Waals surface area contributed by atoms with E-state index >= 15 is 0 Å². The second kappa shape index (κ2) is 11.6. The smallest absolute Gasteiger partial charge is 0.266 e. The Hall–Kier alpha value is -4.35. The van der Waals surface area contributed by atoms with Crippen LogP contribution in [-0.2, 0) is 11.3 Å². The molecular weight excluding hydrogens is 484 g/mol. The number of nitriles is 1. The molecular formula is C29H26N4O3S. The lowest BCUT2D eigenvalue weighted by Crippen LogP contribution is -2.25. The van der Waals surface area contributed by atoms with Crippen LogP contribution in [0.15, 0.2) is 100 Å². The fourth-order valence-corrected chi connectivity index (χ4v) is 4.65. The first-order valence-corrected chi connectivity index (χ1v) is 12.8. The van der Waals surface area contributed by atoms with E-state index < -0.39 is 5.91 Å². The highest BCUT2D eigenvalue weighted by Crippen LogP contribution is 2.25. The van der Waals surface area contributed by atoms with Gasteiger partial charge < -0.3 is 10.4 Å². The summed E-state index contributed by atoms with van der Waals surface area (Å²) in [6.45, 7) is 4.42. The normalized spacial score (nSPS) is 11.7. The van der Waals surface area contributed by atoms with Crippen LogP contribution in [0, 0.1) is 11.3 Å². The minimum atomic E-state index is -0.669. The molecule has 0 aliphatic heterocycles. The lowest BCUT2D eigenvalue weighted by atomic mass is 10.0. The number of nitrogens with zero attached hydrogens (tertiary/aromatic N) is 3. The van der Waals surface area contributed by atoms with Crippen LogP contribution in [0.1, 0.15) is 30.9 Å². The van der Waals surface area contributed by atoms with Crippen LogP contribution in [0.25, 0.3) is 16.6 Å². The van der Waals surface area contributed by atoms with E-state index in [1.165, 1.54) is 4.57 Å². The summed E-state index contributed by atoms with van der Waals surface area (Å²) in [7, 11) is 0. The van der Waals surface area contributed by atoms with E-state index in [1.54, 1.807) is 30.3 Å². The number of benzene rings is 3. The summed E-state index contributed by atoms with van der Waals surface area (Å²) in [6, 6.07) is 25.8. The SMILES string of the molecule is CC(C)c1ccc(-n2c(SC/C(O)=C(\C#N)C(=O)NCc3ccccc3)nc3ccccc3c2=O)cc1. The molecule has 1 amide bonds. The number of aliphatic hydroxyl groups is 1. The van der Waals surface area contributed by atoms with Gasteiger partial charge in [0.05, 0.1) is 22.3 Å². The first kappa shape index (κ1) is 25.7. The monoisotopic (exact) mass is 510 g/mol. The van der Waals surface area contributed by atoms with Crippen LogP contribution in [-0.4, -0.2) is 26.3 Å². The maximum Gasteiger partial charge on any atom is 0.266 e. The van der Waals surface area contributed by atoms with Gasteiger partial charge in [-0.15, -0.1) is 0 Å². The van der Waals surface area contributed by atoms with Gasteiger partial charge >= 0.3 is 0 Å². The summed E-state index contributed by atoms with van der Waals surface area (Å²) in [5, 5.41) is 23.6. The van der Waals surface area contributed by atoms with Crippen molar-refractivity contribution < 1.29 is 9.90 Å². The van der Waals surface area contributed by atoms with E-state index in [-0.39, 0.29) is 29.2 Å². The summed E-state index contributed by atoms with van der Waals surface area (Å²) >= 11 is 1.08. The quantitative estimate of drug-likeness (QED) is 0.110. The van der Waals surface area contributed by atoms with Gasteiger partial charge in [-0.2, -0.15) is 5.26 Å². The Labute approximate surface area is 219 Å². The second-order valence-corrected chi connectivity index (χ2v) is 9.63. The molecule has 0 bridgehead atoms. The third kappa shape index (κ3) is 5.90. The second-order valence-electron chi connectivity index (χ2n) is 8.69. The largest absolute Gasteiger partial charge is 0.510 e. The van der Waals surface area contributed by atoms with Gasteiger partial charge in [0, 0.05) is 6.54 Å². The molecule has 0 radical (unpaired) electrons. The Morgan fingerprint density at radius 1 is 1.05 bits per heavy atom. The number of para-hydroxylation sites is 1. The van der Waals surface area contributed by atoms with E-state index in [0.29, 0.717) is 27.7 Å². The van der Waals surface area contributed by atoms with Gasteiger partial charge in [-0.25, -0.2) is 4.98 Å². The minimum absolute atomic E-state index is 0.115. The predicted octanol–water partition coefficient (Wildman–Crippen LogP) is 5.25. The molecule has 0 fully saturated rings. The van der Waals surface area contributed by atoms with E-state index in [2.05, 4.69) is 24.1 Å². The highest BCUT2D eigenvalue weighted by atomic mass is 32.2. The summed E-state index contributed by atoms with van der Waals surface area (Å²) in [6.07, 6.45) is 0. The Kier molecular flexibility index (Phi) is 8.06. The van der Waals surface area contributed by atoms with Crippen molar-refractivity contribution in [1.29, 1.82) is 5.26 Å². The number of hydrogen-bond acceptors (Lipinski definition) is 6. The van der Waals surface area contributed by atoms with Crippen LogP contribution in [0.5, 0.6) is 0 Å². The van der Waals surface area contributed by atoms with Gasteiger partial charge in [0.25, 0.3) is 11.5 Å². The van der Waals surface area contributed by atoms with Crippen molar-refractivity contribution in [2.45, 2.75) is 31.5 Å². The Bertz CT molecular complexity index is 1550. The zero-order chi connectivity index (χ0) is 26.4. The highest BCUT2D eigenvalue weighted by molar-refractivity contribution is 7.99. The third-order valence-corrected chi connectivity index (χ3v) is 6.77. The maximum atomic E-state index is 13.5. The van der Waals surface area contributed by atoms with Gasteiger partial charge in [-0.05, 0) is 41.3 Å². The first-order chi connectivity index (χ1) is 17.9. The molecule has 0 aliphatic rings. The molecule has 8 heteroatoms. The Morgan fingerprint density at radius 2 is 1.73 bits per heavy atom. The van der Waals surface area contributed by atoms with Crippen LogP contribution in [0.3, 0.4) is 0 Å². The number of rotatable bonds is 8. The molecule has 1 heterocycles. The molecule has 2 N–H and O–H groups in total. The summed E-state index contributed by atoms with van der Waals surface area (Å²) < 4.78 is 1.49. The molecule has 4 rings (SSSR count). The van der Waals surface area contributed by atoms with Crippen molar-refractivity contribution in [1.82, 2.24) is 14.9 Å². The van der Waals surface area contributed by atoms with E-state index in [4.69, 9.17) is 0 Å². The number of thioether (sulfide) groups is 1. The zero-order valence-corrected chi connectivity index (χ0v) is 21.3. The summed E-state index contributed by atoms with van der Waals surface area (Å²) in [5.74, 6) is -0.829. The van der Waals surface area contributed by atoms with Crippen molar-refractivity contribution in [3.63, 3.8) is 0 Å². The van der Waals surface area contributed by atoms with Gasteiger partial charge in [0.2, 0.25) is 0 Å². The molecule has 3 aromatic carbocycles. The maximum absolute atomic E-state index is 13.5. The fourth-order valence-electron chi connectivity index (χ4n) is 3.76. The highest BCUT2D eigenvalue weighted by Gasteiger charge is 2.18. The standard InChI is InChI=1S/C29H26N4O3S/c1-19(2)21-12-14-22(15-13-21)33-28(36)23-10-6-7-11-25(23)32-29(33)37-18-26(34)24(16-30)27(35)31-17-20-8-4-3-5-9-20/h3-15,19,34H,17-18H2,1-2H3,(H,31,35)/b26-24-. The zero-order valence-electron chi connectivity index (χ0n) is 20.5.